The zero-order valence-corrected chi connectivity index (χ0v) is 14.3. The van der Waals surface area contributed by atoms with Crippen molar-refractivity contribution in [2.75, 3.05) is 5.73 Å². The Labute approximate surface area is 135 Å². The van der Waals surface area contributed by atoms with Gasteiger partial charge in [0, 0.05) is 14.9 Å². The highest BCUT2D eigenvalue weighted by molar-refractivity contribution is 9.10. The predicted octanol–water partition coefficient (Wildman–Crippen LogP) is 4.74. The van der Waals surface area contributed by atoms with E-state index >= 15 is 0 Å². The second-order valence-electron chi connectivity index (χ2n) is 4.91. The zero-order valence-electron chi connectivity index (χ0n) is 11.9. The Morgan fingerprint density at radius 1 is 1.24 bits per heavy atom. The van der Waals surface area contributed by atoms with E-state index in [9.17, 15) is 0 Å². The fraction of sp³-hybridized carbons (Fsp3) is 0.200. The van der Waals surface area contributed by atoms with Crippen LogP contribution in [0, 0.1) is 20.8 Å². The Morgan fingerprint density at radius 2 is 2.00 bits per heavy atom. The van der Waals surface area contributed by atoms with Crippen LogP contribution in [-0.4, -0.2) is 10.1 Å². The third-order valence-electron chi connectivity index (χ3n) is 3.48. The molecule has 0 aliphatic rings. The Kier molecular flexibility index (Phi) is 3.59. The first kappa shape index (κ1) is 14.3. The minimum absolute atomic E-state index is 0.473. The molecule has 0 unspecified atom stereocenters. The average Bonchev–Trinajstić information content (AvgIpc) is 2.99. The highest BCUT2D eigenvalue weighted by Crippen LogP contribution is 2.37. The number of hydrogen-bond donors (Lipinski definition) is 1. The molecule has 0 atom stereocenters. The first-order chi connectivity index (χ1) is 9.97. The van der Waals surface area contributed by atoms with E-state index in [2.05, 4.69) is 26.1 Å². The van der Waals surface area contributed by atoms with E-state index in [1.807, 2.05) is 39.0 Å². The Hall–Kier alpha value is -1.66. The molecule has 1 aromatic carbocycles. The van der Waals surface area contributed by atoms with Crippen molar-refractivity contribution in [3.05, 3.63) is 38.7 Å². The lowest BCUT2D eigenvalue weighted by molar-refractivity contribution is 0.432. The topological polar surface area (TPSA) is 64.9 Å². The molecule has 21 heavy (non-hydrogen) atoms. The molecule has 3 rings (SSSR count). The summed E-state index contributed by atoms with van der Waals surface area (Å²) in [5, 5.41) is 4.78. The summed E-state index contributed by atoms with van der Waals surface area (Å²) >= 11 is 5.06. The normalized spacial score (nSPS) is 11.0. The lowest BCUT2D eigenvalue weighted by Crippen LogP contribution is -1.87. The fourth-order valence-electron chi connectivity index (χ4n) is 2.09. The number of hydrogen-bond acceptors (Lipinski definition) is 5. The van der Waals surface area contributed by atoms with E-state index in [4.69, 9.17) is 10.3 Å². The van der Waals surface area contributed by atoms with Crippen molar-refractivity contribution in [1.29, 1.82) is 0 Å². The van der Waals surface area contributed by atoms with Crippen LogP contribution in [0.2, 0.25) is 0 Å². The largest absolute Gasteiger partial charge is 0.390 e. The number of thiophene rings is 1. The molecule has 2 N–H and O–H groups in total. The molecule has 2 heterocycles. The highest BCUT2D eigenvalue weighted by Gasteiger charge is 2.19. The van der Waals surface area contributed by atoms with Crippen LogP contribution in [0.25, 0.3) is 22.8 Å². The summed E-state index contributed by atoms with van der Waals surface area (Å²) in [6, 6.07) is 5.98. The molecule has 0 saturated carbocycles. The van der Waals surface area contributed by atoms with E-state index < -0.39 is 0 Å². The number of aryl methyl sites for hydroxylation is 2. The zero-order chi connectivity index (χ0) is 15.1. The van der Waals surface area contributed by atoms with Gasteiger partial charge >= 0.3 is 0 Å². The second kappa shape index (κ2) is 5.27. The molecule has 0 saturated heterocycles. The molecule has 0 aliphatic heterocycles. The highest BCUT2D eigenvalue weighted by atomic mass is 79.9. The number of nitrogens with zero attached hydrogens (tertiary/aromatic N) is 2. The first-order valence-corrected chi connectivity index (χ1v) is 8.04. The van der Waals surface area contributed by atoms with Gasteiger partial charge in [-0.1, -0.05) is 33.2 Å². The van der Waals surface area contributed by atoms with E-state index in [0.717, 1.165) is 26.7 Å². The number of halogens is 1. The molecule has 108 valence electrons. The van der Waals surface area contributed by atoms with Crippen LogP contribution < -0.4 is 5.73 Å². The van der Waals surface area contributed by atoms with Crippen LogP contribution in [0.5, 0.6) is 0 Å². The number of aromatic nitrogens is 2. The van der Waals surface area contributed by atoms with Crippen molar-refractivity contribution in [2.24, 2.45) is 0 Å². The van der Waals surface area contributed by atoms with Crippen LogP contribution in [0.3, 0.4) is 0 Å². The van der Waals surface area contributed by atoms with Gasteiger partial charge in [-0.25, -0.2) is 0 Å². The van der Waals surface area contributed by atoms with Crippen molar-refractivity contribution in [3.8, 4) is 22.8 Å². The average molecular weight is 364 g/mol. The molecule has 0 spiro atoms. The fourth-order valence-corrected chi connectivity index (χ4v) is 3.40. The van der Waals surface area contributed by atoms with Gasteiger partial charge in [0.1, 0.15) is 0 Å². The number of anilines is 1. The minimum Gasteiger partial charge on any atom is -0.390 e. The molecule has 6 heteroatoms. The quantitative estimate of drug-likeness (QED) is 0.714. The summed E-state index contributed by atoms with van der Waals surface area (Å²) in [5.41, 5.74) is 10.1. The smallest absolute Gasteiger partial charge is 0.261 e. The second-order valence-corrected chi connectivity index (χ2v) is 7.02. The summed E-state index contributed by atoms with van der Waals surface area (Å²) in [7, 11) is 0. The molecule has 4 nitrogen and oxygen atoms in total. The van der Waals surface area contributed by atoms with Crippen molar-refractivity contribution < 1.29 is 4.52 Å². The maximum absolute atomic E-state index is 6.05. The monoisotopic (exact) mass is 363 g/mol. The van der Waals surface area contributed by atoms with Crippen LogP contribution in [0.15, 0.2) is 27.2 Å². The predicted molar refractivity (Wildman–Crippen MR) is 89.4 cm³/mol. The summed E-state index contributed by atoms with van der Waals surface area (Å²) in [6.45, 7) is 6.09. The molecule has 0 bridgehead atoms. The van der Waals surface area contributed by atoms with E-state index in [1.165, 1.54) is 4.88 Å². The lowest BCUT2D eigenvalue weighted by Gasteiger charge is -1.99. The number of rotatable bonds is 2. The van der Waals surface area contributed by atoms with Crippen molar-refractivity contribution >= 4 is 32.3 Å². The Morgan fingerprint density at radius 3 is 2.62 bits per heavy atom. The van der Waals surface area contributed by atoms with Gasteiger partial charge in [-0.2, -0.15) is 4.98 Å². The van der Waals surface area contributed by atoms with Gasteiger partial charge in [0.2, 0.25) is 5.82 Å². The van der Waals surface area contributed by atoms with Gasteiger partial charge in [0.15, 0.2) is 0 Å². The van der Waals surface area contributed by atoms with Gasteiger partial charge in [-0.15, -0.1) is 11.3 Å². The van der Waals surface area contributed by atoms with E-state index in [0.29, 0.717) is 16.7 Å². The van der Waals surface area contributed by atoms with Crippen LogP contribution in [0.1, 0.15) is 16.0 Å². The van der Waals surface area contributed by atoms with E-state index in [-0.39, 0.29) is 0 Å². The van der Waals surface area contributed by atoms with Gasteiger partial charge in [-0.05, 0) is 38.0 Å². The van der Waals surface area contributed by atoms with Crippen LogP contribution >= 0.6 is 27.3 Å². The Bertz CT molecular complexity index is 822. The van der Waals surface area contributed by atoms with Gasteiger partial charge in [0.05, 0.1) is 10.6 Å². The molecule has 0 fully saturated rings. The maximum atomic E-state index is 6.05. The van der Waals surface area contributed by atoms with Crippen molar-refractivity contribution in [2.45, 2.75) is 20.8 Å². The lowest BCUT2D eigenvalue weighted by atomic mass is 10.1. The van der Waals surface area contributed by atoms with Gasteiger partial charge in [0.25, 0.3) is 5.89 Å². The van der Waals surface area contributed by atoms with E-state index in [1.54, 1.807) is 11.3 Å². The summed E-state index contributed by atoms with van der Waals surface area (Å²) in [6.07, 6.45) is 0. The molecular weight excluding hydrogens is 350 g/mol. The molecule has 0 amide bonds. The number of benzene rings is 1. The third-order valence-corrected chi connectivity index (χ3v) is 5.37. The molecular formula is C15H14BrN3OS. The van der Waals surface area contributed by atoms with Gasteiger partial charge in [-0.3, -0.25) is 0 Å². The molecule has 2 aromatic heterocycles. The van der Waals surface area contributed by atoms with Gasteiger partial charge < -0.3 is 10.3 Å². The summed E-state index contributed by atoms with van der Waals surface area (Å²) < 4.78 is 6.42. The maximum Gasteiger partial charge on any atom is 0.261 e. The first-order valence-electron chi connectivity index (χ1n) is 6.43. The molecule has 0 radical (unpaired) electrons. The number of nitrogens with two attached hydrogens (primary N) is 1. The number of nitrogen functional groups attached to an aromatic ring is 1. The molecule has 0 aliphatic carbocycles. The van der Waals surface area contributed by atoms with Crippen LogP contribution in [0.4, 0.5) is 5.00 Å². The van der Waals surface area contributed by atoms with Crippen LogP contribution in [-0.2, 0) is 0 Å². The summed E-state index contributed by atoms with van der Waals surface area (Å²) in [5.74, 6) is 1.04. The standard InChI is InChI=1S/C15H14BrN3OS/c1-7-4-5-10(6-11(7)16)14-18-15(20-19-14)12-8(2)9(3)21-13(12)17/h4-6H,17H2,1-3H3. The minimum atomic E-state index is 0.473. The van der Waals surface area contributed by atoms with Crippen molar-refractivity contribution in [3.63, 3.8) is 0 Å². The third kappa shape index (κ3) is 2.49. The Balaban J connectivity index is 2.05. The van der Waals surface area contributed by atoms with Crippen molar-refractivity contribution in [1.82, 2.24) is 10.1 Å². The summed E-state index contributed by atoms with van der Waals surface area (Å²) in [4.78, 5) is 5.65. The molecule has 3 aromatic rings. The SMILES string of the molecule is Cc1ccc(-c2noc(-c3c(N)sc(C)c3C)n2)cc1Br.